The smallest absolute Gasteiger partial charge is 0.269 e. The van der Waals surface area contributed by atoms with Crippen LogP contribution >= 0.6 is 11.6 Å². The number of ether oxygens (including phenoxy) is 1. The zero-order valence-corrected chi connectivity index (χ0v) is 15.0. The van der Waals surface area contributed by atoms with Gasteiger partial charge in [-0.3, -0.25) is 15.5 Å². The van der Waals surface area contributed by atoms with Gasteiger partial charge < -0.3 is 4.74 Å². The largest absolute Gasteiger partial charge is 0.489 e. The highest BCUT2D eigenvalue weighted by Crippen LogP contribution is 2.16. The Morgan fingerprint density at radius 1 is 1.00 bits per heavy atom. The maximum Gasteiger partial charge on any atom is 0.269 e. The summed E-state index contributed by atoms with van der Waals surface area (Å²) in [6, 6.07) is 21.1. The summed E-state index contributed by atoms with van der Waals surface area (Å²) in [7, 11) is 0. The van der Waals surface area contributed by atoms with Gasteiger partial charge in [0.15, 0.2) is 0 Å². The molecule has 6 nitrogen and oxygen atoms in total. The third-order valence-corrected chi connectivity index (χ3v) is 3.94. The lowest BCUT2D eigenvalue weighted by molar-refractivity contribution is -0.384. The molecular formula is C20H16ClN3O3. The van der Waals surface area contributed by atoms with E-state index in [1.165, 1.54) is 12.1 Å². The number of nitrogens with zero attached hydrogens (tertiary/aromatic N) is 2. The fraction of sp³-hybridized carbons (Fsp3) is 0.0500. The average molecular weight is 382 g/mol. The Labute approximate surface area is 161 Å². The van der Waals surface area contributed by atoms with Gasteiger partial charge in [0.1, 0.15) is 12.4 Å². The van der Waals surface area contributed by atoms with Gasteiger partial charge in [0.05, 0.1) is 16.8 Å². The number of halogens is 1. The number of benzene rings is 3. The summed E-state index contributed by atoms with van der Waals surface area (Å²) in [6.07, 6.45) is 1.66. The van der Waals surface area contributed by atoms with Crippen LogP contribution in [0.3, 0.4) is 0 Å². The predicted molar refractivity (Wildman–Crippen MR) is 107 cm³/mol. The summed E-state index contributed by atoms with van der Waals surface area (Å²) in [5, 5.41) is 15.4. The molecule has 0 atom stereocenters. The first kappa shape index (κ1) is 18.4. The average Bonchev–Trinajstić information content (AvgIpc) is 2.69. The van der Waals surface area contributed by atoms with Crippen LogP contribution in [0.5, 0.6) is 5.75 Å². The third kappa shape index (κ3) is 5.55. The second-order valence-corrected chi connectivity index (χ2v) is 6.09. The summed E-state index contributed by atoms with van der Waals surface area (Å²) in [5.41, 5.74) is 5.47. The van der Waals surface area contributed by atoms with Crippen LogP contribution in [0.4, 0.5) is 11.4 Å². The summed E-state index contributed by atoms with van der Waals surface area (Å²) in [4.78, 5) is 10.2. The van der Waals surface area contributed by atoms with Crippen molar-refractivity contribution in [3.05, 3.63) is 99.1 Å². The van der Waals surface area contributed by atoms with Gasteiger partial charge in [0.25, 0.3) is 5.69 Å². The Balaban J connectivity index is 1.51. The fourth-order valence-corrected chi connectivity index (χ4v) is 2.36. The number of anilines is 1. The van der Waals surface area contributed by atoms with E-state index in [-0.39, 0.29) is 5.69 Å². The van der Waals surface area contributed by atoms with Crippen LogP contribution < -0.4 is 10.2 Å². The molecule has 3 rings (SSSR count). The van der Waals surface area contributed by atoms with Gasteiger partial charge in [-0.25, -0.2) is 0 Å². The van der Waals surface area contributed by atoms with Gasteiger partial charge in [-0.1, -0.05) is 23.7 Å². The molecule has 0 aromatic heterocycles. The maximum atomic E-state index is 10.6. The Kier molecular flexibility index (Phi) is 6.02. The highest BCUT2D eigenvalue weighted by atomic mass is 35.5. The van der Waals surface area contributed by atoms with Gasteiger partial charge >= 0.3 is 0 Å². The fourth-order valence-electron chi connectivity index (χ4n) is 2.24. The number of rotatable bonds is 7. The molecule has 1 N–H and O–H groups in total. The molecule has 3 aromatic rings. The third-order valence-electron chi connectivity index (χ3n) is 3.68. The standard InChI is InChI=1S/C20H16ClN3O3/c21-17-5-1-16(2-6-17)14-27-20-11-3-15(4-12-20)13-22-23-18-7-9-19(10-8-18)24(25)26/h1-13,23H,14H2. The van der Waals surface area contributed by atoms with E-state index < -0.39 is 4.92 Å². The lowest BCUT2D eigenvalue weighted by atomic mass is 10.2. The van der Waals surface area contributed by atoms with Crippen molar-refractivity contribution >= 4 is 29.2 Å². The second kappa shape index (κ2) is 8.82. The van der Waals surface area contributed by atoms with E-state index in [2.05, 4.69) is 10.5 Å². The van der Waals surface area contributed by atoms with Crippen molar-refractivity contribution in [3.63, 3.8) is 0 Å². The normalized spacial score (nSPS) is 10.7. The van der Waals surface area contributed by atoms with Gasteiger partial charge in [0, 0.05) is 17.2 Å². The number of nitro groups is 1. The van der Waals surface area contributed by atoms with E-state index in [0.29, 0.717) is 17.3 Å². The molecule has 0 amide bonds. The minimum absolute atomic E-state index is 0.0405. The molecule has 0 radical (unpaired) electrons. The first-order chi connectivity index (χ1) is 13.1. The Morgan fingerprint density at radius 3 is 2.30 bits per heavy atom. The highest BCUT2D eigenvalue weighted by molar-refractivity contribution is 6.30. The van der Waals surface area contributed by atoms with E-state index in [1.807, 2.05) is 48.5 Å². The van der Waals surface area contributed by atoms with Crippen molar-refractivity contribution in [2.24, 2.45) is 5.10 Å². The lowest BCUT2D eigenvalue weighted by Gasteiger charge is -2.06. The highest BCUT2D eigenvalue weighted by Gasteiger charge is 2.03. The van der Waals surface area contributed by atoms with E-state index >= 15 is 0 Å². The SMILES string of the molecule is O=[N+]([O-])c1ccc(NN=Cc2ccc(OCc3ccc(Cl)cc3)cc2)cc1. The maximum absolute atomic E-state index is 10.6. The molecule has 0 bridgehead atoms. The number of nitrogens with one attached hydrogen (secondary N) is 1. The van der Waals surface area contributed by atoms with E-state index in [4.69, 9.17) is 16.3 Å². The number of hydrogen-bond acceptors (Lipinski definition) is 5. The van der Waals surface area contributed by atoms with Crippen LogP contribution in [-0.2, 0) is 6.61 Å². The van der Waals surface area contributed by atoms with E-state index in [0.717, 1.165) is 16.9 Å². The minimum Gasteiger partial charge on any atom is -0.489 e. The molecule has 0 heterocycles. The molecule has 0 saturated carbocycles. The molecule has 27 heavy (non-hydrogen) atoms. The molecule has 136 valence electrons. The minimum atomic E-state index is -0.441. The molecule has 7 heteroatoms. The van der Waals surface area contributed by atoms with Crippen molar-refractivity contribution in [1.29, 1.82) is 0 Å². The molecule has 0 aliphatic heterocycles. The Hall–Kier alpha value is -3.38. The molecule has 0 aliphatic carbocycles. The summed E-state index contributed by atoms with van der Waals surface area (Å²) < 4.78 is 5.73. The second-order valence-electron chi connectivity index (χ2n) is 5.66. The van der Waals surface area contributed by atoms with Crippen LogP contribution in [0, 0.1) is 10.1 Å². The van der Waals surface area contributed by atoms with E-state index in [1.54, 1.807) is 18.3 Å². The van der Waals surface area contributed by atoms with E-state index in [9.17, 15) is 10.1 Å². The molecule has 0 aliphatic rings. The van der Waals surface area contributed by atoms with Crippen LogP contribution in [-0.4, -0.2) is 11.1 Å². The van der Waals surface area contributed by atoms with Crippen molar-refractivity contribution in [3.8, 4) is 5.75 Å². The molecule has 0 unspecified atom stereocenters. The molecular weight excluding hydrogens is 366 g/mol. The quantitative estimate of drug-likeness (QED) is 0.343. The molecule has 0 fully saturated rings. The number of non-ortho nitro benzene ring substituents is 1. The van der Waals surface area contributed by atoms with Crippen molar-refractivity contribution in [2.75, 3.05) is 5.43 Å². The van der Waals surface area contributed by atoms with Crippen LogP contribution in [0.1, 0.15) is 11.1 Å². The topological polar surface area (TPSA) is 76.8 Å². The molecule has 3 aromatic carbocycles. The Bertz CT molecular complexity index is 924. The van der Waals surface area contributed by atoms with Crippen LogP contribution in [0.2, 0.25) is 5.02 Å². The number of nitro benzene ring substituents is 1. The lowest BCUT2D eigenvalue weighted by Crippen LogP contribution is -1.95. The number of hydrazone groups is 1. The molecule has 0 saturated heterocycles. The van der Waals surface area contributed by atoms with Gasteiger partial charge in [0.2, 0.25) is 0 Å². The van der Waals surface area contributed by atoms with Crippen molar-refractivity contribution < 1.29 is 9.66 Å². The van der Waals surface area contributed by atoms with Crippen LogP contribution in [0.25, 0.3) is 0 Å². The summed E-state index contributed by atoms with van der Waals surface area (Å²) in [5.74, 6) is 0.755. The summed E-state index contributed by atoms with van der Waals surface area (Å²) in [6.45, 7) is 0.465. The molecule has 0 spiro atoms. The van der Waals surface area contributed by atoms with Gasteiger partial charge in [-0.2, -0.15) is 5.10 Å². The first-order valence-electron chi connectivity index (χ1n) is 8.11. The zero-order chi connectivity index (χ0) is 19.1. The van der Waals surface area contributed by atoms with Crippen LogP contribution in [0.15, 0.2) is 77.9 Å². The number of hydrogen-bond donors (Lipinski definition) is 1. The Morgan fingerprint density at radius 2 is 1.67 bits per heavy atom. The predicted octanol–water partition coefficient (Wildman–Crippen LogP) is 5.27. The zero-order valence-electron chi connectivity index (χ0n) is 14.2. The van der Waals surface area contributed by atoms with Gasteiger partial charge in [-0.05, 0) is 59.7 Å². The van der Waals surface area contributed by atoms with Crippen molar-refractivity contribution in [2.45, 2.75) is 6.61 Å². The monoisotopic (exact) mass is 381 g/mol. The van der Waals surface area contributed by atoms with Gasteiger partial charge in [-0.15, -0.1) is 0 Å². The van der Waals surface area contributed by atoms with Crippen molar-refractivity contribution in [1.82, 2.24) is 0 Å². The first-order valence-corrected chi connectivity index (χ1v) is 8.49. The summed E-state index contributed by atoms with van der Waals surface area (Å²) >= 11 is 5.86.